The highest BCUT2D eigenvalue weighted by Crippen LogP contribution is 2.22. The molecule has 0 bridgehead atoms. The molecule has 1 aromatic carbocycles. The van der Waals surface area contributed by atoms with Gasteiger partial charge in [-0.15, -0.1) is 0 Å². The molecule has 3 heterocycles. The Balaban J connectivity index is 1.34. The number of benzene rings is 1. The molecule has 2 aromatic heterocycles. The van der Waals surface area contributed by atoms with Gasteiger partial charge < -0.3 is 25.8 Å². The van der Waals surface area contributed by atoms with Crippen LogP contribution in [0.3, 0.4) is 0 Å². The number of H-pyrrole nitrogens is 1. The number of anilines is 2. The molecule has 8 heteroatoms. The number of pyridine rings is 1. The fraction of sp³-hybridized carbons (Fsp3) is 0.286. The van der Waals surface area contributed by atoms with Gasteiger partial charge in [-0.3, -0.25) is 9.78 Å². The van der Waals surface area contributed by atoms with Crippen molar-refractivity contribution in [1.82, 2.24) is 20.2 Å². The van der Waals surface area contributed by atoms with Crippen molar-refractivity contribution < 1.29 is 9.59 Å². The lowest BCUT2D eigenvalue weighted by Gasteiger charge is -2.32. The summed E-state index contributed by atoms with van der Waals surface area (Å²) in [6.07, 6.45) is 5.32. The summed E-state index contributed by atoms with van der Waals surface area (Å²) in [4.78, 5) is 33.3. The van der Waals surface area contributed by atoms with E-state index in [4.69, 9.17) is 0 Å². The van der Waals surface area contributed by atoms with Crippen LogP contribution in [0.15, 0.2) is 48.8 Å². The first kappa shape index (κ1) is 18.8. The molecule has 1 saturated heterocycles. The average Bonchev–Trinajstić information content (AvgIpc) is 3.18. The Kier molecular flexibility index (Phi) is 5.33. The molecule has 0 radical (unpaired) electrons. The number of fused-ring (bicyclic) bond motifs is 1. The Morgan fingerprint density at radius 3 is 2.55 bits per heavy atom. The number of piperidine rings is 1. The highest BCUT2D eigenvalue weighted by atomic mass is 16.2. The van der Waals surface area contributed by atoms with Crippen LogP contribution in [-0.2, 0) is 0 Å². The number of amides is 3. The predicted octanol–water partition coefficient (Wildman–Crippen LogP) is 3.03. The lowest BCUT2D eigenvalue weighted by atomic mass is 10.1. The van der Waals surface area contributed by atoms with Crippen LogP contribution in [-0.4, -0.2) is 53.0 Å². The van der Waals surface area contributed by atoms with Crippen LogP contribution in [0.5, 0.6) is 0 Å². The van der Waals surface area contributed by atoms with E-state index < -0.39 is 0 Å². The summed E-state index contributed by atoms with van der Waals surface area (Å²) in [5.41, 5.74) is 3.11. The number of urea groups is 1. The van der Waals surface area contributed by atoms with Crippen molar-refractivity contribution in [1.29, 1.82) is 0 Å². The van der Waals surface area contributed by atoms with Gasteiger partial charge >= 0.3 is 6.03 Å². The fourth-order valence-corrected chi connectivity index (χ4v) is 3.58. The maximum atomic E-state index is 12.6. The topological polar surface area (TPSA) is 102 Å². The number of rotatable bonds is 4. The smallest absolute Gasteiger partial charge is 0.321 e. The van der Waals surface area contributed by atoms with E-state index >= 15 is 0 Å². The van der Waals surface area contributed by atoms with Gasteiger partial charge in [0.1, 0.15) is 5.69 Å². The average molecular weight is 392 g/mol. The number of aromatic amines is 1. The second kappa shape index (κ2) is 8.22. The molecule has 8 nitrogen and oxygen atoms in total. The molecule has 0 unspecified atom stereocenters. The third kappa shape index (κ3) is 4.31. The Bertz CT molecular complexity index is 1010. The molecule has 0 atom stereocenters. The number of aromatic nitrogens is 2. The molecule has 4 N–H and O–H groups in total. The van der Waals surface area contributed by atoms with Crippen molar-refractivity contribution in [3.05, 3.63) is 54.5 Å². The molecule has 29 heavy (non-hydrogen) atoms. The number of carbonyl (C=O) groups excluding carboxylic acids is 2. The fourth-order valence-electron chi connectivity index (χ4n) is 3.58. The molecule has 1 aliphatic heterocycles. The van der Waals surface area contributed by atoms with E-state index in [-0.39, 0.29) is 11.9 Å². The van der Waals surface area contributed by atoms with Crippen LogP contribution in [0.1, 0.15) is 23.3 Å². The first-order valence-corrected chi connectivity index (χ1v) is 9.70. The summed E-state index contributed by atoms with van der Waals surface area (Å²) in [6, 6.07) is 11.5. The summed E-state index contributed by atoms with van der Waals surface area (Å²) >= 11 is 0. The van der Waals surface area contributed by atoms with Crippen molar-refractivity contribution in [3.63, 3.8) is 0 Å². The molecule has 3 amide bonds. The van der Waals surface area contributed by atoms with Crippen LogP contribution in [0.25, 0.3) is 10.9 Å². The van der Waals surface area contributed by atoms with Crippen molar-refractivity contribution in [2.45, 2.75) is 18.9 Å². The monoisotopic (exact) mass is 392 g/mol. The summed E-state index contributed by atoms with van der Waals surface area (Å²) in [5, 5.41) is 9.93. The van der Waals surface area contributed by atoms with Crippen LogP contribution < -0.4 is 16.0 Å². The normalized spacial score (nSPS) is 14.6. The molecule has 1 aliphatic rings. The van der Waals surface area contributed by atoms with E-state index in [1.807, 2.05) is 35.2 Å². The minimum Gasteiger partial charge on any atom is -0.382 e. The first-order valence-electron chi connectivity index (χ1n) is 9.70. The van der Waals surface area contributed by atoms with E-state index in [1.165, 1.54) is 0 Å². The number of hydrogen-bond donors (Lipinski definition) is 4. The standard InChI is InChI=1S/C21H24N6O2/c1-22-20(28)19-13-14-12-17(2-3-18(14)26-19)25-21(29)27-10-6-16(7-11-27)24-15-4-8-23-9-5-15/h2-5,8-9,12-13,16,26H,6-7,10-11H2,1H3,(H,22,28)(H,23,24)(H,25,29). The third-order valence-corrected chi connectivity index (χ3v) is 5.18. The minimum atomic E-state index is -0.171. The lowest BCUT2D eigenvalue weighted by Crippen LogP contribution is -2.44. The predicted molar refractivity (Wildman–Crippen MR) is 113 cm³/mol. The van der Waals surface area contributed by atoms with E-state index in [1.54, 1.807) is 25.5 Å². The second-order valence-corrected chi connectivity index (χ2v) is 7.14. The number of hydrogen-bond acceptors (Lipinski definition) is 4. The zero-order chi connectivity index (χ0) is 20.2. The number of nitrogens with one attached hydrogen (secondary N) is 4. The quantitative estimate of drug-likeness (QED) is 0.548. The zero-order valence-corrected chi connectivity index (χ0v) is 16.2. The van der Waals surface area contributed by atoms with Gasteiger partial charge in [0.15, 0.2) is 0 Å². The van der Waals surface area contributed by atoms with Crippen LogP contribution in [0.4, 0.5) is 16.2 Å². The van der Waals surface area contributed by atoms with Gasteiger partial charge in [0.2, 0.25) is 0 Å². The van der Waals surface area contributed by atoms with Crippen molar-refractivity contribution in [2.75, 3.05) is 30.8 Å². The van der Waals surface area contributed by atoms with Gasteiger partial charge in [-0.05, 0) is 49.2 Å². The Labute approximate surface area is 168 Å². The van der Waals surface area contributed by atoms with E-state index in [2.05, 4.69) is 25.9 Å². The van der Waals surface area contributed by atoms with Gasteiger partial charge in [0, 0.05) is 60.9 Å². The molecule has 3 aromatic rings. The van der Waals surface area contributed by atoms with Crippen molar-refractivity contribution in [2.24, 2.45) is 0 Å². The highest BCUT2D eigenvalue weighted by Gasteiger charge is 2.23. The van der Waals surface area contributed by atoms with Crippen LogP contribution in [0.2, 0.25) is 0 Å². The Morgan fingerprint density at radius 1 is 1.07 bits per heavy atom. The molecule has 0 saturated carbocycles. The number of nitrogens with zero attached hydrogens (tertiary/aromatic N) is 2. The van der Waals surface area contributed by atoms with Crippen molar-refractivity contribution in [3.8, 4) is 0 Å². The van der Waals surface area contributed by atoms with Crippen molar-refractivity contribution >= 4 is 34.2 Å². The Morgan fingerprint density at radius 2 is 1.83 bits per heavy atom. The Hall–Kier alpha value is -3.55. The molecule has 0 spiro atoms. The van der Waals surface area contributed by atoms with Crippen LogP contribution >= 0.6 is 0 Å². The number of likely N-dealkylation sites (tertiary alicyclic amines) is 1. The van der Waals surface area contributed by atoms with Gasteiger partial charge in [-0.2, -0.15) is 0 Å². The summed E-state index contributed by atoms with van der Waals surface area (Å²) in [6.45, 7) is 1.39. The van der Waals surface area contributed by atoms with E-state index in [0.29, 0.717) is 30.5 Å². The zero-order valence-electron chi connectivity index (χ0n) is 16.2. The largest absolute Gasteiger partial charge is 0.382 e. The maximum absolute atomic E-state index is 12.6. The molecule has 0 aliphatic carbocycles. The lowest BCUT2D eigenvalue weighted by molar-refractivity contribution is 0.0959. The van der Waals surface area contributed by atoms with Gasteiger partial charge in [-0.1, -0.05) is 0 Å². The molecular weight excluding hydrogens is 368 g/mol. The summed E-state index contributed by atoms with van der Waals surface area (Å²) < 4.78 is 0. The summed E-state index contributed by atoms with van der Waals surface area (Å²) in [7, 11) is 1.59. The molecule has 4 rings (SSSR count). The van der Waals surface area contributed by atoms with E-state index in [0.717, 1.165) is 29.4 Å². The van der Waals surface area contributed by atoms with Crippen LogP contribution in [0, 0.1) is 0 Å². The molecule has 1 fully saturated rings. The third-order valence-electron chi connectivity index (χ3n) is 5.18. The molecular formula is C21H24N6O2. The SMILES string of the molecule is CNC(=O)c1cc2cc(NC(=O)N3CCC(Nc4ccncc4)CC3)ccc2[nH]1. The first-order chi connectivity index (χ1) is 14.1. The highest BCUT2D eigenvalue weighted by molar-refractivity contribution is 5.99. The van der Waals surface area contributed by atoms with Gasteiger partial charge in [0.05, 0.1) is 0 Å². The van der Waals surface area contributed by atoms with E-state index in [9.17, 15) is 9.59 Å². The summed E-state index contributed by atoms with van der Waals surface area (Å²) in [5.74, 6) is -0.171. The van der Waals surface area contributed by atoms with Gasteiger partial charge in [-0.25, -0.2) is 4.79 Å². The maximum Gasteiger partial charge on any atom is 0.321 e. The second-order valence-electron chi connectivity index (χ2n) is 7.14. The minimum absolute atomic E-state index is 0.103. The number of carbonyl (C=O) groups is 2. The molecule has 150 valence electrons. The van der Waals surface area contributed by atoms with Gasteiger partial charge in [0.25, 0.3) is 5.91 Å².